The van der Waals surface area contributed by atoms with Crippen LogP contribution in [0.2, 0.25) is 0 Å². The van der Waals surface area contributed by atoms with Crippen LogP contribution in [0.3, 0.4) is 0 Å². The van der Waals surface area contributed by atoms with Gasteiger partial charge in [0.2, 0.25) is 11.8 Å². The highest BCUT2D eigenvalue weighted by Gasteiger charge is 2.31. The zero-order chi connectivity index (χ0) is 34.2. The van der Waals surface area contributed by atoms with Crippen LogP contribution in [0, 0.1) is 25.2 Å². The molecule has 0 radical (unpaired) electrons. The highest BCUT2D eigenvalue weighted by Crippen LogP contribution is 2.33. The maximum absolute atomic E-state index is 14.3. The van der Waals surface area contributed by atoms with E-state index in [1.54, 1.807) is 23.1 Å². The van der Waals surface area contributed by atoms with Gasteiger partial charge in [0, 0.05) is 30.3 Å². The minimum absolute atomic E-state index is 0.0781. The largest absolute Gasteiger partial charge is 0.475 e. The molecular weight excluding hydrogens is 627 g/mol. The smallest absolute Gasteiger partial charge is 0.264 e. The molecule has 1 saturated heterocycles. The Labute approximate surface area is 282 Å². The van der Waals surface area contributed by atoms with Crippen LogP contribution >= 0.6 is 0 Å². The van der Waals surface area contributed by atoms with E-state index in [4.69, 9.17) is 4.74 Å². The van der Waals surface area contributed by atoms with Gasteiger partial charge < -0.3 is 14.5 Å². The lowest BCUT2D eigenvalue weighted by Crippen LogP contribution is -2.44. The predicted molar refractivity (Wildman–Crippen MR) is 185 cm³/mol. The molecule has 252 valence electrons. The Bertz CT molecular complexity index is 1910. The van der Waals surface area contributed by atoms with Gasteiger partial charge in [-0.05, 0) is 67.3 Å². The summed E-state index contributed by atoms with van der Waals surface area (Å²) < 4.78 is 36.1. The third kappa shape index (κ3) is 7.28. The standard InChI is InChI=1S/C36H43N7O4S/c1-23(2)15-27-21-47-32-17-30(33-24(3)9-7-10-25(33)4)39-35(40-32)41-48(45,46)29-12-8-11-26(16-29)34(44)43(27)20-31-37-18-28(19-38-31)42-14-13-36(5,6)22-42/h7-12,16-19,23,27H,13-15,20-22H2,1-6H3,(H,39,40,41)/t27-/m1/s1. The summed E-state index contributed by atoms with van der Waals surface area (Å²) in [7, 11) is -4.16. The van der Waals surface area contributed by atoms with Crippen LogP contribution in [-0.4, -0.2) is 64.9 Å². The number of ether oxygens (including phenoxy) is 1. The molecule has 2 aromatic heterocycles. The van der Waals surface area contributed by atoms with Crippen molar-refractivity contribution in [1.82, 2.24) is 24.8 Å². The van der Waals surface area contributed by atoms with E-state index < -0.39 is 16.1 Å². The van der Waals surface area contributed by atoms with E-state index >= 15 is 0 Å². The van der Waals surface area contributed by atoms with Gasteiger partial charge in [-0.2, -0.15) is 4.98 Å². The van der Waals surface area contributed by atoms with Crippen LogP contribution < -0.4 is 14.4 Å². The van der Waals surface area contributed by atoms with E-state index in [-0.39, 0.29) is 52.7 Å². The van der Waals surface area contributed by atoms with Crippen molar-refractivity contribution in [2.45, 2.75) is 71.9 Å². The number of hydrogen-bond donors (Lipinski definition) is 1. The van der Waals surface area contributed by atoms with Gasteiger partial charge in [-0.3, -0.25) is 4.79 Å². The van der Waals surface area contributed by atoms with Gasteiger partial charge in [0.25, 0.3) is 15.9 Å². The van der Waals surface area contributed by atoms with E-state index in [0.29, 0.717) is 17.9 Å². The highest BCUT2D eigenvalue weighted by atomic mass is 32.2. The van der Waals surface area contributed by atoms with Gasteiger partial charge in [-0.1, -0.05) is 52.0 Å². The number of benzene rings is 2. The van der Waals surface area contributed by atoms with Crippen molar-refractivity contribution in [1.29, 1.82) is 0 Å². The number of fused-ring (bicyclic) bond motifs is 4. The Morgan fingerprint density at radius 1 is 1.02 bits per heavy atom. The molecule has 0 spiro atoms. The Morgan fingerprint density at radius 2 is 1.73 bits per heavy atom. The fraction of sp³-hybridized carbons (Fsp3) is 0.417. The molecule has 0 aliphatic carbocycles. The van der Waals surface area contributed by atoms with E-state index in [2.05, 4.69) is 57.3 Å². The molecule has 1 N–H and O–H groups in total. The quantitative estimate of drug-likeness (QED) is 0.261. The Balaban J connectivity index is 1.41. The number of anilines is 2. The zero-order valence-corrected chi connectivity index (χ0v) is 29.2. The van der Waals surface area contributed by atoms with Gasteiger partial charge in [0.05, 0.1) is 41.3 Å². The average Bonchev–Trinajstić information content (AvgIpc) is 3.40. The summed E-state index contributed by atoms with van der Waals surface area (Å²) in [5, 5.41) is 0. The fourth-order valence-electron chi connectivity index (χ4n) is 6.49. The van der Waals surface area contributed by atoms with Crippen LogP contribution in [0.4, 0.5) is 11.6 Å². The van der Waals surface area contributed by atoms with Crippen LogP contribution in [0.1, 0.15) is 67.8 Å². The van der Waals surface area contributed by atoms with Crippen LogP contribution in [-0.2, 0) is 16.6 Å². The van der Waals surface area contributed by atoms with Crippen molar-refractivity contribution in [2.75, 3.05) is 29.3 Å². The number of aryl methyl sites for hydroxylation is 2. The first-order valence-corrected chi connectivity index (χ1v) is 17.8. The molecule has 12 heteroatoms. The Kier molecular flexibility index (Phi) is 9.12. The van der Waals surface area contributed by atoms with Crippen molar-refractivity contribution in [3.05, 3.63) is 83.4 Å². The van der Waals surface area contributed by atoms with Crippen molar-refractivity contribution >= 4 is 27.6 Å². The summed E-state index contributed by atoms with van der Waals surface area (Å²) in [6.45, 7) is 14.7. The predicted octanol–water partition coefficient (Wildman–Crippen LogP) is 6.04. The summed E-state index contributed by atoms with van der Waals surface area (Å²) in [6.07, 6.45) is 5.35. The first-order chi connectivity index (χ1) is 22.8. The average molecular weight is 670 g/mol. The molecule has 4 bridgehead atoms. The van der Waals surface area contributed by atoms with Crippen molar-refractivity contribution in [2.24, 2.45) is 11.3 Å². The van der Waals surface area contributed by atoms with Gasteiger partial charge in [0.15, 0.2) is 0 Å². The van der Waals surface area contributed by atoms with Gasteiger partial charge in [-0.15, -0.1) is 0 Å². The third-order valence-corrected chi connectivity index (χ3v) is 10.3. The summed E-state index contributed by atoms with van der Waals surface area (Å²) in [5.74, 6) is 0.431. The van der Waals surface area contributed by atoms with E-state index in [9.17, 15) is 13.2 Å². The van der Waals surface area contributed by atoms with Crippen molar-refractivity contribution in [3.63, 3.8) is 0 Å². The molecule has 2 aliphatic rings. The summed E-state index contributed by atoms with van der Waals surface area (Å²) in [6, 6.07) is 13.2. The van der Waals surface area contributed by atoms with E-state index in [0.717, 1.165) is 41.9 Å². The molecule has 6 rings (SSSR count). The third-order valence-electron chi connectivity index (χ3n) is 8.97. The Hall–Kier alpha value is -4.58. The second-order valence-electron chi connectivity index (χ2n) is 14.0. The van der Waals surface area contributed by atoms with Crippen LogP contribution in [0.15, 0.2) is 65.8 Å². The Morgan fingerprint density at radius 3 is 2.40 bits per heavy atom. The second kappa shape index (κ2) is 13.1. The van der Waals surface area contributed by atoms with E-state index in [1.165, 1.54) is 12.1 Å². The fourth-order valence-corrected chi connectivity index (χ4v) is 7.48. The number of nitrogens with one attached hydrogen (secondary N) is 1. The number of sulfonamides is 1. The lowest BCUT2D eigenvalue weighted by atomic mass is 9.93. The van der Waals surface area contributed by atoms with Crippen molar-refractivity contribution < 1.29 is 17.9 Å². The molecular formula is C36H43N7O4S. The molecule has 1 fully saturated rings. The summed E-state index contributed by atoms with van der Waals surface area (Å²) >= 11 is 0. The molecule has 1 amide bonds. The summed E-state index contributed by atoms with van der Waals surface area (Å²) in [5.41, 5.74) is 4.76. The first kappa shape index (κ1) is 33.3. The normalized spacial score (nSPS) is 18.8. The maximum Gasteiger partial charge on any atom is 0.264 e. The molecule has 2 aliphatic heterocycles. The molecule has 0 saturated carbocycles. The maximum atomic E-state index is 14.3. The van der Waals surface area contributed by atoms with Crippen LogP contribution in [0.25, 0.3) is 11.3 Å². The molecule has 1 atom stereocenters. The first-order valence-electron chi connectivity index (χ1n) is 16.4. The molecule has 0 unspecified atom stereocenters. The van der Waals surface area contributed by atoms with Gasteiger partial charge in [0.1, 0.15) is 12.4 Å². The number of aromatic nitrogens is 4. The molecule has 4 aromatic rings. The highest BCUT2D eigenvalue weighted by molar-refractivity contribution is 7.92. The number of carbonyl (C=O) groups excluding carboxylic acids is 1. The number of nitrogens with zero attached hydrogens (tertiary/aromatic N) is 6. The number of amides is 1. The topological polar surface area (TPSA) is 131 Å². The van der Waals surface area contributed by atoms with Gasteiger partial charge in [-0.25, -0.2) is 28.1 Å². The van der Waals surface area contributed by atoms with Gasteiger partial charge >= 0.3 is 0 Å². The molecule has 48 heavy (non-hydrogen) atoms. The molecule has 11 nitrogen and oxygen atoms in total. The van der Waals surface area contributed by atoms with Crippen molar-refractivity contribution in [3.8, 4) is 17.1 Å². The number of rotatable bonds is 6. The number of hydrogen-bond acceptors (Lipinski definition) is 9. The molecule has 4 heterocycles. The lowest BCUT2D eigenvalue weighted by Gasteiger charge is -2.32. The monoisotopic (exact) mass is 669 g/mol. The minimum atomic E-state index is -4.16. The second-order valence-corrected chi connectivity index (χ2v) is 15.7. The zero-order valence-electron chi connectivity index (χ0n) is 28.4. The summed E-state index contributed by atoms with van der Waals surface area (Å²) in [4.78, 5) is 36.7. The number of carbonyl (C=O) groups is 1. The molecule has 2 aromatic carbocycles. The SMILES string of the molecule is Cc1cccc(C)c1-c1cc2nc(n1)NS(=O)(=O)c1cccc(c1)C(=O)N(Cc1ncc(N3CCC(C)(C)C3)cn1)[C@H](CC(C)C)CO2. The van der Waals surface area contributed by atoms with E-state index in [1.807, 2.05) is 44.4 Å². The lowest BCUT2D eigenvalue weighted by molar-refractivity contribution is 0.0545. The minimum Gasteiger partial charge on any atom is -0.475 e. The van der Waals surface area contributed by atoms with Crippen LogP contribution in [0.5, 0.6) is 5.88 Å².